The fourth-order valence-electron chi connectivity index (χ4n) is 1.66. The Morgan fingerprint density at radius 2 is 1.76 bits per heavy atom. The molecule has 0 radical (unpaired) electrons. The van der Waals surface area contributed by atoms with E-state index in [1.54, 1.807) is 18.2 Å². The Labute approximate surface area is 138 Å². The summed E-state index contributed by atoms with van der Waals surface area (Å²) in [6.07, 6.45) is 0. The van der Waals surface area contributed by atoms with Gasteiger partial charge in [-0.2, -0.15) is 0 Å². The highest BCUT2D eigenvalue weighted by Gasteiger charge is 2.18. The van der Waals surface area contributed by atoms with Gasteiger partial charge in [-0.3, -0.25) is 4.72 Å². The minimum atomic E-state index is -3.84. The van der Waals surface area contributed by atoms with E-state index in [4.69, 9.17) is 5.73 Å². The SMILES string of the molecule is NCc1cc(S(=O)(=O)Nc2c(Br)cccc2Br)ccc1F. The molecular formula is C13H11Br2FN2O2S. The fraction of sp³-hybridized carbons (Fsp3) is 0.0769. The zero-order valence-corrected chi connectivity index (χ0v) is 14.6. The van der Waals surface area contributed by atoms with Crippen LogP contribution in [0.5, 0.6) is 0 Å². The van der Waals surface area contributed by atoms with Gasteiger partial charge in [0, 0.05) is 21.1 Å². The number of nitrogens with two attached hydrogens (primary N) is 1. The number of anilines is 1. The zero-order valence-electron chi connectivity index (χ0n) is 10.6. The molecule has 8 heteroatoms. The molecular weight excluding hydrogens is 427 g/mol. The molecule has 4 nitrogen and oxygen atoms in total. The lowest BCUT2D eigenvalue weighted by atomic mass is 10.2. The third-order valence-electron chi connectivity index (χ3n) is 2.75. The summed E-state index contributed by atoms with van der Waals surface area (Å²) in [6, 6.07) is 8.68. The Morgan fingerprint density at radius 3 is 2.33 bits per heavy atom. The highest BCUT2D eigenvalue weighted by Crippen LogP contribution is 2.32. The monoisotopic (exact) mass is 436 g/mol. The first-order valence-electron chi connectivity index (χ1n) is 5.80. The fourth-order valence-corrected chi connectivity index (χ4v) is 4.27. The van der Waals surface area contributed by atoms with E-state index in [1.165, 1.54) is 12.1 Å². The smallest absolute Gasteiger partial charge is 0.261 e. The molecule has 2 aromatic carbocycles. The molecule has 0 heterocycles. The van der Waals surface area contributed by atoms with Crippen LogP contribution >= 0.6 is 31.9 Å². The second-order valence-corrected chi connectivity index (χ2v) is 7.55. The maximum atomic E-state index is 13.4. The van der Waals surface area contributed by atoms with Gasteiger partial charge in [0.25, 0.3) is 10.0 Å². The molecule has 21 heavy (non-hydrogen) atoms. The average Bonchev–Trinajstić information content (AvgIpc) is 2.43. The van der Waals surface area contributed by atoms with Crippen LogP contribution in [0.25, 0.3) is 0 Å². The van der Waals surface area contributed by atoms with E-state index >= 15 is 0 Å². The highest BCUT2D eigenvalue weighted by atomic mass is 79.9. The normalized spacial score (nSPS) is 11.4. The van der Waals surface area contributed by atoms with Gasteiger partial charge in [0.2, 0.25) is 0 Å². The van der Waals surface area contributed by atoms with E-state index in [2.05, 4.69) is 36.6 Å². The summed E-state index contributed by atoms with van der Waals surface area (Å²) < 4.78 is 41.8. The molecule has 0 aliphatic carbocycles. The van der Waals surface area contributed by atoms with Crippen molar-refractivity contribution in [1.82, 2.24) is 0 Å². The van der Waals surface area contributed by atoms with Crippen LogP contribution in [0.15, 0.2) is 50.2 Å². The maximum absolute atomic E-state index is 13.4. The van der Waals surface area contributed by atoms with Crippen molar-refractivity contribution in [2.24, 2.45) is 5.73 Å². The van der Waals surface area contributed by atoms with Crippen LogP contribution in [-0.4, -0.2) is 8.42 Å². The van der Waals surface area contributed by atoms with Crippen molar-refractivity contribution in [3.8, 4) is 0 Å². The van der Waals surface area contributed by atoms with Crippen molar-refractivity contribution in [2.45, 2.75) is 11.4 Å². The van der Waals surface area contributed by atoms with Gasteiger partial charge in [-0.25, -0.2) is 12.8 Å². The third kappa shape index (κ3) is 3.63. The molecule has 0 saturated carbocycles. The molecule has 0 bridgehead atoms. The molecule has 0 aliphatic rings. The Bertz CT molecular complexity index is 761. The number of hydrogen-bond acceptors (Lipinski definition) is 3. The molecule has 0 spiro atoms. The van der Waals surface area contributed by atoms with Gasteiger partial charge in [-0.15, -0.1) is 0 Å². The number of para-hydroxylation sites is 1. The van der Waals surface area contributed by atoms with Crippen LogP contribution in [0.1, 0.15) is 5.56 Å². The molecule has 0 aliphatic heterocycles. The van der Waals surface area contributed by atoms with Crippen molar-refractivity contribution in [1.29, 1.82) is 0 Å². The summed E-state index contributed by atoms with van der Waals surface area (Å²) in [5, 5.41) is 0. The summed E-state index contributed by atoms with van der Waals surface area (Å²) in [4.78, 5) is -0.0491. The Morgan fingerprint density at radius 1 is 1.14 bits per heavy atom. The van der Waals surface area contributed by atoms with Gasteiger partial charge in [0.15, 0.2) is 0 Å². The number of rotatable bonds is 4. The molecule has 0 unspecified atom stereocenters. The largest absolute Gasteiger partial charge is 0.326 e. The van der Waals surface area contributed by atoms with Crippen molar-refractivity contribution in [2.75, 3.05) is 4.72 Å². The quantitative estimate of drug-likeness (QED) is 0.767. The first kappa shape index (κ1) is 16.4. The molecule has 0 aromatic heterocycles. The Kier molecular flexibility index (Phi) is 5.03. The van der Waals surface area contributed by atoms with E-state index in [1.807, 2.05) is 0 Å². The van der Waals surface area contributed by atoms with Crippen molar-refractivity contribution in [3.63, 3.8) is 0 Å². The average molecular weight is 438 g/mol. The molecule has 2 aromatic rings. The van der Waals surface area contributed by atoms with Crippen molar-refractivity contribution < 1.29 is 12.8 Å². The molecule has 0 amide bonds. The molecule has 0 atom stereocenters. The van der Waals surface area contributed by atoms with Gasteiger partial charge >= 0.3 is 0 Å². The van der Waals surface area contributed by atoms with E-state index < -0.39 is 15.8 Å². The van der Waals surface area contributed by atoms with Gasteiger partial charge in [-0.1, -0.05) is 6.07 Å². The van der Waals surface area contributed by atoms with E-state index in [0.717, 1.165) is 6.07 Å². The number of sulfonamides is 1. The third-order valence-corrected chi connectivity index (χ3v) is 5.42. The van der Waals surface area contributed by atoms with Gasteiger partial charge in [-0.05, 0) is 62.2 Å². The molecule has 112 valence electrons. The van der Waals surface area contributed by atoms with Gasteiger partial charge < -0.3 is 5.73 Å². The summed E-state index contributed by atoms with van der Waals surface area (Å²) in [7, 11) is -3.84. The van der Waals surface area contributed by atoms with Gasteiger partial charge in [0.1, 0.15) is 5.82 Å². The lowest BCUT2D eigenvalue weighted by molar-refractivity contribution is 0.596. The summed E-state index contributed by atoms with van der Waals surface area (Å²) in [5.41, 5.74) is 5.91. The van der Waals surface area contributed by atoms with E-state index in [0.29, 0.717) is 14.6 Å². The summed E-state index contributed by atoms with van der Waals surface area (Å²) in [6.45, 7) is -0.0755. The standard InChI is InChI=1S/C13H11Br2FN2O2S/c14-10-2-1-3-11(15)13(10)18-21(19,20)9-4-5-12(16)8(6-9)7-17/h1-6,18H,7,17H2. The molecule has 2 rings (SSSR count). The zero-order chi connectivity index (χ0) is 15.6. The Balaban J connectivity index is 2.44. The number of nitrogens with one attached hydrogen (secondary N) is 1. The predicted octanol–water partition coefficient (Wildman–Crippen LogP) is 3.61. The molecule has 0 saturated heterocycles. The molecule has 0 fully saturated rings. The van der Waals surface area contributed by atoms with Crippen LogP contribution in [0.4, 0.5) is 10.1 Å². The first-order valence-corrected chi connectivity index (χ1v) is 8.87. The highest BCUT2D eigenvalue weighted by molar-refractivity contribution is 9.11. The van der Waals surface area contributed by atoms with E-state index in [9.17, 15) is 12.8 Å². The summed E-state index contributed by atoms with van der Waals surface area (Å²) >= 11 is 6.55. The topological polar surface area (TPSA) is 72.2 Å². The summed E-state index contributed by atoms with van der Waals surface area (Å²) in [5.74, 6) is -0.529. The van der Waals surface area contributed by atoms with Crippen molar-refractivity contribution >= 4 is 47.6 Å². The predicted molar refractivity (Wildman–Crippen MR) is 86.9 cm³/mol. The van der Waals surface area contributed by atoms with Crippen LogP contribution in [0.3, 0.4) is 0 Å². The van der Waals surface area contributed by atoms with Gasteiger partial charge in [0.05, 0.1) is 10.6 Å². The van der Waals surface area contributed by atoms with Crippen molar-refractivity contribution in [3.05, 3.63) is 56.7 Å². The van der Waals surface area contributed by atoms with Crippen LogP contribution in [-0.2, 0) is 16.6 Å². The van der Waals surface area contributed by atoms with Crippen LogP contribution in [0.2, 0.25) is 0 Å². The lowest BCUT2D eigenvalue weighted by Crippen LogP contribution is -2.15. The van der Waals surface area contributed by atoms with Crippen LogP contribution in [0, 0.1) is 5.82 Å². The number of benzene rings is 2. The number of halogens is 3. The van der Waals surface area contributed by atoms with E-state index in [-0.39, 0.29) is 17.0 Å². The lowest BCUT2D eigenvalue weighted by Gasteiger charge is -2.12. The minimum Gasteiger partial charge on any atom is -0.326 e. The van der Waals surface area contributed by atoms with Crippen LogP contribution < -0.4 is 10.5 Å². The maximum Gasteiger partial charge on any atom is 0.261 e. The Hall–Kier alpha value is -0.960. The molecule has 3 N–H and O–H groups in total. The minimum absolute atomic E-state index is 0.0491. The first-order chi connectivity index (χ1) is 9.85. The number of hydrogen-bond donors (Lipinski definition) is 2. The second kappa shape index (κ2) is 6.43. The second-order valence-electron chi connectivity index (χ2n) is 4.16.